The molecule has 4 rings (SSSR count). The highest BCUT2D eigenvalue weighted by Crippen LogP contribution is 2.42. The zero-order valence-corrected chi connectivity index (χ0v) is 15.5. The van der Waals surface area contributed by atoms with Gasteiger partial charge in [0.05, 0.1) is 11.3 Å². The topological polar surface area (TPSA) is 103 Å². The molecule has 2 aliphatic rings. The van der Waals surface area contributed by atoms with Crippen molar-refractivity contribution in [3.8, 4) is 0 Å². The molecule has 0 saturated carbocycles. The number of anilines is 3. The first-order valence-electron chi connectivity index (χ1n) is 8.93. The normalized spacial score (nSPS) is 21.0. The Morgan fingerprint density at radius 2 is 1.93 bits per heavy atom. The average molecular weight is 418 g/mol. The molecule has 156 valence electrons. The number of aromatic nitrogens is 1. The summed E-state index contributed by atoms with van der Waals surface area (Å²) in [5, 5.41) is 19.9. The first-order valence-corrected chi connectivity index (χ1v) is 8.93. The summed E-state index contributed by atoms with van der Waals surface area (Å²) in [5.74, 6) is -4.28. The Morgan fingerprint density at radius 3 is 2.53 bits per heavy atom. The molecule has 0 aliphatic carbocycles. The second kappa shape index (κ2) is 7.15. The van der Waals surface area contributed by atoms with E-state index in [1.165, 1.54) is 0 Å². The molecule has 10 heteroatoms. The quantitative estimate of drug-likeness (QED) is 0.658. The molecule has 2 atom stereocenters. The van der Waals surface area contributed by atoms with Crippen molar-refractivity contribution in [2.75, 3.05) is 22.9 Å². The number of aliphatic hydroxyl groups is 1. The number of nitrogens with zero attached hydrogens (tertiary/aromatic N) is 3. The van der Waals surface area contributed by atoms with Crippen LogP contribution in [0, 0.1) is 17.5 Å². The number of rotatable bonds is 3. The Hall–Kier alpha value is -3.37. The van der Waals surface area contributed by atoms with Crippen LogP contribution in [0.3, 0.4) is 0 Å². The molecule has 4 N–H and O–H groups in total. The molecule has 7 nitrogen and oxygen atoms in total. The highest BCUT2D eigenvalue weighted by Gasteiger charge is 2.35. The van der Waals surface area contributed by atoms with Gasteiger partial charge in [0.25, 0.3) is 0 Å². The zero-order valence-electron chi connectivity index (χ0n) is 15.5. The minimum Gasteiger partial charge on any atom is -0.478 e. The van der Waals surface area contributed by atoms with Gasteiger partial charge in [0, 0.05) is 37.0 Å². The lowest BCUT2D eigenvalue weighted by atomic mass is 9.98. The molecular weight excluding hydrogens is 401 g/mol. The fourth-order valence-electron chi connectivity index (χ4n) is 3.53. The lowest BCUT2D eigenvalue weighted by Gasteiger charge is -2.31. The van der Waals surface area contributed by atoms with E-state index in [1.807, 2.05) is 0 Å². The summed E-state index contributed by atoms with van der Waals surface area (Å²) in [6.07, 6.45) is -0.710. The van der Waals surface area contributed by atoms with Gasteiger partial charge in [-0.15, -0.1) is 0 Å². The Morgan fingerprint density at radius 1 is 1.20 bits per heavy atom. The predicted octanol–water partition coefficient (Wildman–Crippen LogP) is 2.36. The summed E-state index contributed by atoms with van der Waals surface area (Å²) in [6, 6.07) is 3.30. The SMILES string of the molecule is C=C1CN(c2nc3c(cc2F)C(O)C(C(=O)O)=CN3c2ccc(F)cc2F)CC1N. The Labute approximate surface area is 169 Å². The van der Waals surface area contributed by atoms with Crippen molar-refractivity contribution < 1.29 is 28.2 Å². The van der Waals surface area contributed by atoms with Gasteiger partial charge in [-0.25, -0.2) is 22.9 Å². The molecule has 0 amide bonds. The van der Waals surface area contributed by atoms with Crippen molar-refractivity contribution in [3.05, 3.63) is 71.2 Å². The number of nitrogens with two attached hydrogens (primary N) is 1. The fourth-order valence-corrected chi connectivity index (χ4v) is 3.53. The third-order valence-electron chi connectivity index (χ3n) is 5.10. The van der Waals surface area contributed by atoms with Gasteiger partial charge in [-0.2, -0.15) is 0 Å². The molecule has 1 saturated heterocycles. The number of aliphatic carboxylic acids is 1. The monoisotopic (exact) mass is 418 g/mol. The first-order chi connectivity index (χ1) is 14.2. The summed E-state index contributed by atoms with van der Waals surface area (Å²) in [6.45, 7) is 4.34. The van der Waals surface area contributed by atoms with Gasteiger partial charge in [0.15, 0.2) is 11.6 Å². The highest BCUT2D eigenvalue weighted by atomic mass is 19.1. The third kappa shape index (κ3) is 3.19. The molecule has 0 spiro atoms. The van der Waals surface area contributed by atoms with Crippen LogP contribution in [0.15, 0.2) is 48.2 Å². The third-order valence-corrected chi connectivity index (χ3v) is 5.10. The van der Waals surface area contributed by atoms with E-state index in [9.17, 15) is 28.2 Å². The van der Waals surface area contributed by atoms with Crippen LogP contribution in [0.4, 0.5) is 30.5 Å². The van der Waals surface area contributed by atoms with Crippen LogP contribution < -0.4 is 15.5 Å². The van der Waals surface area contributed by atoms with E-state index in [4.69, 9.17) is 5.73 Å². The van der Waals surface area contributed by atoms with Crippen LogP contribution in [0.5, 0.6) is 0 Å². The van der Waals surface area contributed by atoms with E-state index in [0.29, 0.717) is 11.6 Å². The standard InChI is InChI=1S/C20H17F3N4O3/c1-9-6-26(8-15(9)24)19-14(23)5-11-17(28)12(20(29)30)7-27(18(11)25-19)16-3-2-10(21)4-13(16)22/h2-5,7,15,17,28H,1,6,8,24H2,(H,29,30). The number of carbonyl (C=O) groups is 1. The lowest BCUT2D eigenvalue weighted by Crippen LogP contribution is -2.30. The van der Waals surface area contributed by atoms with Crippen molar-refractivity contribution in [3.63, 3.8) is 0 Å². The fraction of sp³-hybridized carbons (Fsp3) is 0.200. The molecular formula is C20H17F3N4O3. The second-order valence-electron chi connectivity index (χ2n) is 7.11. The smallest absolute Gasteiger partial charge is 0.336 e. The van der Waals surface area contributed by atoms with Gasteiger partial charge < -0.3 is 20.8 Å². The van der Waals surface area contributed by atoms with Crippen LogP contribution in [0.2, 0.25) is 0 Å². The number of aliphatic hydroxyl groups excluding tert-OH is 1. The van der Waals surface area contributed by atoms with Crippen LogP contribution >= 0.6 is 0 Å². The van der Waals surface area contributed by atoms with E-state index in [1.54, 1.807) is 4.90 Å². The average Bonchev–Trinajstić information content (AvgIpc) is 3.01. The summed E-state index contributed by atoms with van der Waals surface area (Å²) < 4.78 is 42.7. The second-order valence-corrected chi connectivity index (χ2v) is 7.11. The molecule has 1 fully saturated rings. The molecule has 2 aliphatic heterocycles. The summed E-state index contributed by atoms with van der Waals surface area (Å²) >= 11 is 0. The molecule has 0 bridgehead atoms. The minimum atomic E-state index is -1.69. The molecule has 0 radical (unpaired) electrons. The number of halogens is 3. The predicted molar refractivity (Wildman–Crippen MR) is 103 cm³/mol. The number of carboxylic acid groups (broad SMARTS) is 1. The Balaban J connectivity index is 1.90. The number of benzene rings is 1. The number of fused-ring (bicyclic) bond motifs is 1. The Bertz CT molecular complexity index is 1100. The summed E-state index contributed by atoms with van der Waals surface area (Å²) in [7, 11) is 0. The first kappa shape index (κ1) is 19.9. The Kier molecular flexibility index (Phi) is 4.75. The number of hydrogen-bond donors (Lipinski definition) is 3. The minimum absolute atomic E-state index is 0.0829. The van der Waals surface area contributed by atoms with E-state index >= 15 is 0 Å². The van der Waals surface area contributed by atoms with Crippen molar-refractivity contribution in [2.45, 2.75) is 12.1 Å². The van der Waals surface area contributed by atoms with Crippen LogP contribution in [0.1, 0.15) is 11.7 Å². The summed E-state index contributed by atoms with van der Waals surface area (Å²) in [4.78, 5) is 18.4. The zero-order chi connectivity index (χ0) is 21.7. The van der Waals surface area contributed by atoms with Gasteiger partial charge in [-0.3, -0.25) is 4.90 Å². The largest absolute Gasteiger partial charge is 0.478 e. The van der Waals surface area contributed by atoms with E-state index < -0.39 is 35.1 Å². The van der Waals surface area contributed by atoms with Crippen molar-refractivity contribution in [1.29, 1.82) is 0 Å². The number of pyridine rings is 1. The maximum atomic E-state index is 14.9. The maximum Gasteiger partial charge on any atom is 0.336 e. The number of hydrogen-bond acceptors (Lipinski definition) is 6. The molecule has 2 aromatic rings. The van der Waals surface area contributed by atoms with Gasteiger partial charge in [0.2, 0.25) is 0 Å². The van der Waals surface area contributed by atoms with Crippen LogP contribution in [0.25, 0.3) is 0 Å². The molecule has 30 heavy (non-hydrogen) atoms. The molecule has 2 unspecified atom stereocenters. The summed E-state index contributed by atoms with van der Waals surface area (Å²) in [5.41, 5.74) is 5.71. The van der Waals surface area contributed by atoms with Crippen molar-refractivity contribution in [1.82, 2.24) is 4.98 Å². The highest BCUT2D eigenvalue weighted by molar-refractivity contribution is 5.91. The lowest BCUT2D eigenvalue weighted by molar-refractivity contribution is -0.133. The molecule has 1 aromatic carbocycles. The number of carboxylic acids is 1. The van der Waals surface area contributed by atoms with Gasteiger partial charge >= 0.3 is 5.97 Å². The van der Waals surface area contributed by atoms with Crippen molar-refractivity contribution >= 4 is 23.3 Å². The van der Waals surface area contributed by atoms with Crippen LogP contribution in [-0.4, -0.2) is 40.3 Å². The molecule has 1 aromatic heterocycles. The maximum absolute atomic E-state index is 14.9. The van der Waals surface area contributed by atoms with E-state index in [-0.39, 0.29) is 42.0 Å². The van der Waals surface area contributed by atoms with Crippen molar-refractivity contribution in [2.24, 2.45) is 5.73 Å². The van der Waals surface area contributed by atoms with E-state index in [0.717, 1.165) is 29.3 Å². The van der Waals surface area contributed by atoms with Gasteiger partial charge in [0.1, 0.15) is 23.6 Å². The van der Waals surface area contributed by atoms with E-state index in [2.05, 4.69) is 11.6 Å². The van der Waals surface area contributed by atoms with Gasteiger partial charge in [-0.05, 0) is 23.8 Å². The van der Waals surface area contributed by atoms with Gasteiger partial charge in [-0.1, -0.05) is 6.58 Å². The van der Waals surface area contributed by atoms with Crippen LogP contribution in [-0.2, 0) is 4.79 Å². The molecule has 3 heterocycles.